The second-order valence-electron chi connectivity index (χ2n) is 9.16. The summed E-state index contributed by atoms with van der Waals surface area (Å²) in [7, 11) is 0. The number of amides is 2. The Morgan fingerprint density at radius 1 is 1.17 bits per heavy atom. The molecule has 9 nitrogen and oxygen atoms in total. The van der Waals surface area contributed by atoms with Crippen LogP contribution < -0.4 is 15.5 Å². The highest BCUT2D eigenvalue weighted by atomic mass is 19.2. The average Bonchev–Trinajstić information content (AvgIpc) is 3.49. The summed E-state index contributed by atoms with van der Waals surface area (Å²) < 4.78 is 28.7. The Morgan fingerprint density at radius 2 is 1.97 bits per heavy atom. The van der Waals surface area contributed by atoms with Gasteiger partial charge < -0.3 is 15.5 Å². The molecule has 3 heterocycles. The Bertz CT molecular complexity index is 1270. The van der Waals surface area contributed by atoms with Crippen molar-refractivity contribution in [1.29, 1.82) is 0 Å². The number of anilines is 1. The number of aryl methyl sites for hydroxylation is 1. The number of carbonyl (C=O) groups is 2. The van der Waals surface area contributed by atoms with Gasteiger partial charge in [-0.2, -0.15) is 14.6 Å². The first kappa shape index (κ1) is 23.1. The molecule has 0 saturated carbocycles. The lowest BCUT2D eigenvalue weighted by Gasteiger charge is -2.35. The van der Waals surface area contributed by atoms with Gasteiger partial charge in [-0.3, -0.25) is 9.59 Å². The highest BCUT2D eigenvalue weighted by molar-refractivity contribution is 5.87. The average molecular weight is 484 g/mol. The third-order valence-electron chi connectivity index (χ3n) is 6.68. The smallest absolute Gasteiger partial charge is 0.254 e. The zero-order valence-electron chi connectivity index (χ0n) is 19.4. The molecule has 1 atom stereocenters. The molecule has 3 aromatic rings. The summed E-state index contributed by atoms with van der Waals surface area (Å²) in [4.78, 5) is 35.9. The fourth-order valence-corrected chi connectivity index (χ4v) is 5.02. The van der Waals surface area contributed by atoms with Crippen LogP contribution in [0.25, 0.3) is 5.78 Å². The van der Waals surface area contributed by atoms with Crippen molar-refractivity contribution in [3.05, 3.63) is 53.0 Å². The van der Waals surface area contributed by atoms with E-state index in [-0.39, 0.29) is 24.3 Å². The van der Waals surface area contributed by atoms with E-state index < -0.39 is 17.7 Å². The van der Waals surface area contributed by atoms with Crippen LogP contribution in [-0.4, -0.2) is 56.6 Å². The Balaban J connectivity index is 1.25. The lowest BCUT2D eigenvalue weighted by atomic mass is 10.0. The van der Waals surface area contributed by atoms with Crippen molar-refractivity contribution < 1.29 is 18.4 Å². The van der Waals surface area contributed by atoms with Crippen LogP contribution in [0.3, 0.4) is 0 Å². The predicted octanol–water partition coefficient (Wildman–Crippen LogP) is 1.72. The van der Waals surface area contributed by atoms with Crippen LogP contribution in [0.1, 0.15) is 43.0 Å². The molecular weight excluding hydrogens is 456 g/mol. The van der Waals surface area contributed by atoms with E-state index in [2.05, 4.69) is 30.6 Å². The van der Waals surface area contributed by atoms with Gasteiger partial charge in [0.15, 0.2) is 11.6 Å². The van der Waals surface area contributed by atoms with Crippen molar-refractivity contribution >= 4 is 23.4 Å². The predicted molar refractivity (Wildman–Crippen MR) is 124 cm³/mol. The Morgan fingerprint density at radius 3 is 2.71 bits per heavy atom. The van der Waals surface area contributed by atoms with E-state index in [1.54, 1.807) is 4.52 Å². The maximum atomic E-state index is 13.6. The lowest BCUT2D eigenvalue weighted by molar-refractivity contribution is -0.128. The molecule has 1 unspecified atom stereocenters. The van der Waals surface area contributed by atoms with Crippen LogP contribution in [0.5, 0.6) is 0 Å². The monoisotopic (exact) mass is 483 g/mol. The molecule has 35 heavy (non-hydrogen) atoms. The van der Waals surface area contributed by atoms with Crippen molar-refractivity contribution in [2.24, 2.45) is 0 Å². The van der Waals surface area contributed by atoms with Crippen LogP contribution in [-0.2, 0) is 28.9 Å². The van der Waals surface area contributed by atoms with Crippen LogP contribution in [0.2, 0.25) is 0 Å². The summed E-state index contributed by atoms with van der Waals surface area (Å²) in [6.45, 7) is 2.77. The first-order valence-corrected chi connectivity index (χ1v) is 11.9. The number of hydrogen-bond donors (Lipinski definition) is 2. The molecule has 0 radical (unpaired) electrons. The number of hydrogen-bond acceptors (Lipinski definition) is 6. The third-order valence-corrected chi connectivity index (χ3v) is 6.68. The molecule has 2 amide bonds. The highest BCUT2D eigenvalue weighted by Gasteiger charge is 2.30. The Hall–Kier alpha value is -3.63. The SMILES string of the molecule is CC(=O)NC(Cc1ccc(F)c(F)c1)C(=O)NC1CCN(c2c3c(nc4ncnn24)CCC3)CC1. The molecule has 1 aromatic carbocycles. The van der Waals surface area contributed by atoms with Crippen LogP contribution in [0, 0.1) is 11.6 Å². The molecule has 11 heteroatoms. The summed E-state index contributed by atoms with van der Waals surface area (Å²) in [6, 6.07) is 2.53. The van der Waals surface area contributed by atoms with E-state index in [1.807, 2.05) is 0 Å². The fraction of sp³-hybridized carbons (Fsp3) is 0.458. The minimum atomic E-state index is -0.985. The van der Waals surface area contributed by atoms with Gasteiger partial charge in [0.05, 0.1) is 5.69 Å². The number of rotatable bonds is 6. The van der Waals surface area contributed by atoms with Crippen molar-refractivity contribution in [3.8, 4) is 0 Å². The van der Waals surface area contributed by atoms with Crippen molar-refractivity contribution in [2.75, 3.05) is 18.0 Å². The summed E-state index contributed by atoms with van der Waals surface area (Å²) in [5.41, 5.74) is 2.74. The molecular formula is C24H27F2N7O2. The van der Waals surface area contributed by atoms with E-state index in [0.717, 1.165) is 68.8 Å². The van der Waals surface area contributed by atoms with Gasteiger partial charge in [-0.1, -0.05) is 6.07 Å². The van der Waals surface area contributed by atoms with Gasteiger partial charge in [-0.25, -0.2) is 13.8 Å². The summed E-state index contributed by atoms with van der Waals surface area (Å²) in [6.07, 6.45) is 6.00. The van der Waals surface area contributed by atoms with E-state index in [1.165, 1.54) is 24.9 Å². The molecule has 184 valence electrons. The van der Waals surface area contributed by atoms with Crippen LogP contribution in [0.15, 0.2) is 24.5 Å². The first-order chi connectivity index (χ1) is 16.9. The lowest BCUT2D eigenvalue weighted by Crippen LogP contribution is -2.52. The van der Waals surface area contributed by atoms with Gasteiger partial charge in [0.2, 0.25) is 11.8 Å². The molecule has 1 aliphatic carbocycles. The number of benzene rings is 1. The second-order valence-corrected chi connectivity index (χ2v) is 9.16. The number of carbonyl (C=O) groups excluding carboxylic acids is 2. The number of aromatic nitrogens is 4. The van der Waals surface area contributed by atoms with Gasteiger partial charge in [0.1, 0.15) is 18.2 Å². The molecule has 1 saturated heterocycles. The van der Waals surface area contributed by atoms with Gasteiger partial charge in [0, 0.05) is 38.0 Å². The molecule has 2 N–H and O–H groups in total. The zero-order valence-corrected chi connectivity index (χ0v) is 19.4. The van der Waals surface area contributed by atoms with E-state index >= 15 is 0 Å². The standard InChI is InChI=1S/C24H27F2N7O2/c1-14(34)29-21(12-15-5-6-18(25)19(26)11-15)22(35)30-16-7-9-32(10-8-16)23-17-3-2-4-20(17)31-24-27-13-28-33(23)24/h5-6,11,13,16,21H,2-4,7-10,12H2,1H3,(H,29,34)(H,30,35). The quantitative estimate of drug-likeness (QED) is 0.553. The highest BCUT2D eigenvalue weighted by Crippen LogP contribution is 2.32. The van der Waals surface area contributed by atoms with Gasteiger partial charge >= 0.3 is 0 Å². The number of nitrogens with one attached hydrogen (secondary N) is 2. The van der Waals surface area contributed by atoms with Crippen LogP contribution >= 0.6 is 0 Å². The van der Waals surface area contributed by atoms with Crippen molar-refractivity contribution in [2.45, 2.75) is 57.5 Å². The Labute approximate surface area is 200 Å². The van der Waals surface area contributed by atoms with Gasteiger partial charge in [0.25, 0.3) is 5.78 Å². The van der Waals surface area contributed by atoms with Gasteiger partial charge in [-0.15, -0.1) is 0 Å². The molecule has 0 spiro atoms. The van der Waals surface area contributed by atoms with E-state index in [0.29, 0.717) is 11.3 Å². The Kier molecular flexibility index (Phi) is 6.31. The molecule has 1 fully saturated rings. The molecule has 2 aromatic heterocycles. The summed E-state index contributed by atoms with van der Waals surface area (Å²) >= 11 is 0. The normalized spacial score (nSPS) is 16.8. The topological polar surface area (TPSA) is 105 Å². The summed E-state index contributed by atoms with van der Waals surface area (Å²) in [5, 5.41) is 10.0. The zero-order chi connectivity index (χ0) is 24.5. The van der Waals surface area contributed by atoms with Crippen molar-refractivity contribution in [1.82, 2.24) is 30.2 Å². The molecule has 1 aliphatic heterocycles. The van der Waals surface area contributed by atoms with Crippen molar-refractivity contribution in [3.63, 3.8) is 0 Å². The first-order valence-electron chi connectivity index (χ1n) is 11.9. The minimum Gasteiger partial charge on any atom is -0.356 e. The third kappa shape index (κ3) is 4.80. The molecule has 5 rings (SSSR count). The number of fused-ring (bicyclic) bond motifs is 2. The number of piperidine rings is 1. The largest absolute Gasteiger partial charge is 0.356 e. The second kappa shape index (κ2) is 9.55. The number of halogens is 2. The summed E-state index contributed by atoms with van der Waals surface area (Å²) in [5.74, 6) is -1.01. The van der Waals surface area contributed by atoms with Gasteiger partial charge in [-0.05, 0) is 49.8 Å². The molecule has 2 aliphatic rings. The molecule has 0 bridgehead atoms. The number of nitrogens with zero attached hydrogens (tertiary/aromatic N) is 5. The fourth-order valence-electron chi connectivity index (χ4n) is 5.02. The van der Waals surface area contributed by atoms with Crippen LogP contribution in [0.4, 0.5) is 14.6 Å². The minimum absolute atomic E-state index is 0.0644. The maximum Gasteiger partial charge on any atom is 0.254 e. The van der Waals surface area contributed by atoms with E-state index in [4.69, 9.17) is 0 Å². The maximum absolute atomic E-state index is 13.6. The van der Waals surface area contributed by atoms with E-state index in [9.17, 15) is 18.4 Å².